The van der Waals surface area contributed by atoms with E-state index in [9.17, 15) is 19.5 Å². The molecule has 1 spiro atoms. The van der Waals surface area contributed by atoms with Gasteiger partial charge < -0.3 is 19.8 Å². The van der Waals surface area contributed by atoms with Crippen LogP contribution in [0, 0.1) is 17.8 Å². The third-order valence-corrected chi connectivity index (χ3v) is 11.3. The number of hydrogen-bond acceptors (Lipinski definition) is 5. The van der Waals surface area contributed by atoms with E-state index in [2.05, 4.69) is 27.0 Å². The molecule has 0 aliphatic carbocycles. The van der Waals surface area contributed by atoms with Gasteiger partial charge in [-0.15, -0.1) is 24.9 Å². The van der Waals surface area contributed by atoms with Gasteiger partial charge in [0, 0.05) is 31.4 Å². The predicted molar refractivity (Wildman–Crippen MR) is 175 cm³/mol. The minimum absolute atomic E-state index is 0.0448. The predicted octanol–water partition coefficient (Wildman–Crippen LogP) is 4.91. The molecular weight excluding hydrogens is 570 g/mol. The minimum Gasteiger partial charge on any atom is -0.394 e. The minimum atomic E-state index is -0.769. The van der Waals surface area contributed by atoms with Crippen LogP contribution >= 0.6 is 11.8 Å². The van der Waals surface area contributed by atoms with E-state index in [4.69, 9.17) is 0 Å². The molecule has 3 aliphatic rings. The number of fused-ring (bicyclic) bond motifs is 1. The van der Waals surface area contributed by atoms with Crippen LogP contribution in [0.25, 0.3) is 0 Å². The topological polar surface area (TPSA) is 81.2 Å². The van der Waals surface area contributed by atoms with Crippen LogP contribution < -0.4 is 0 Å². The molecule has 3 amide bonds. The zero-order valence-electron chi connectivity index (χ0n) is 25.9. The quantitative estimate of drug-likeness (QED) is 0.306. The lowest BCUT2D eigenvalue weighted by molar-refractivity contribution is -0.147. The number of aliphatic hydroxyl groups is 1. The number of hydrogen-bond donors (Lipinski definition) is 1. The average Bonchev–Trinajstić information content (AvgIpc) is 3.67. The Morgan fingerprint density at radius 2 is 1.52 bits per heavy atom. The Labute approximate surface area is 266 Å². The van der Waals surface area contributed by atoms with Gasteiger partial charge in [0.2, 0.25) is 17.7 Å². The van der Waals surface area contributed by atoms with Gasteiger partial charge in [0.25, 0.3) is 0 Å². The van der Waals surface area contributed by atoms with Gasteiger partial charge in [0.15, 0.2) is 0 Å². The van der Waals surface area contributed by atoms with Crippen LogP contribution in [0.4, 0.5) is 0 Å². The molecule has 3 saturated heterocycles. The van der Waals surface area contributed by atoms with E-state index in [1.807, 2.05) is 60.7 Å². The first kappa shape index (κ1) is 32.0. The molecular formula is C36H45N3O4S. The van der Waals surface area contributed by atoms with Gasteiger partial charge in [-0.25, -0.2) is 0 Å². The molecule has 234 valence electrons. The molecule has 1 N–H and O–H groups in total. The fourth-order valence-electron chi connectivity index (χ4n) is 7.63. The SMILES string of the molecule is C=CCN(Cc1ccccc1)C(=O)C1N([C@@H](CO)CC(C)C)C(=O)[C@@H]2[C@@H](C(=O)N(CC=C)Cc3ccccc3)[C@H]3CCC12S3. The van der Waals surface area contributed by atoms with E-state index in [-0.39, 0.29) is 35.5 Å². The molecule has 2 aromatic rings. The first-order chi connectivity index (χ1) is 21.2. The molecule has 2 unspecified atom stereocenters. The highest BCUT2D eigenvalue weighted by Crippen LogP contribution is 2.67. The average molecular weight is 616 g/mol. The molecule has 0 saturated carbocycles. The van der Waals surface area contributed by atoms with Gasteiger partial charge in [0.05, 0.1) is 29.2 Å². The third kappa shape index (κ3) is 5.98. The molecule has 5 rings (SSSR count). The summed E-state index contributed by atoms with van der Waals surface area (Å²) in [6.07, 6.45) is 5.47. The van der Waals surface area contributed by atoms with E-state index in [1.54, 1.807) is 38.6 Å². The molecule has 0 aromatic heterocycles. The Kier molecular flexibility index (Phi) is 10.0. The van der Waals surface area contributed by atoms with Gasteiger partial charge in [-0.1, -0.05) is 86.7 Å². The molecule has 2 aromatic carbocycles. The van der Waals surface area contributed by atoms with E-state index < -0.39 is 28.7 Å². The molecule has 6 atom stereocenters. The van der Waals surface area contributed by atoms with Crippen molar-refractivity contribution in [2.24, 2.45) is 17.8 Å². The maximum atomic E-state index is 14.8. The van der Waals surface area contributed by atoms with Crippen molar-refractivity contribution >= 4 is 29.5 Å². The van der Waals surface area contributed by atoms with Crippen LogP contribution in [0.2, 0.25) is 0 Å². The van der Waals surface area contributed by atoms with Crippen molar-refractivity contribution < 1.29 is 19.5 Å². The second-order valence-corrected chi connectivity index (χ2v) is 14.4. The lowest BCUT2D eigenvalue weighted by Crippen LogP contribution is -2.57. The highest BCUT2D eigenvalue weighted by Gasteiger charge is 2.74. The van der Waals surface area contributed by atoms with Crippen LogP contribution in [-0.4, -0.2) is 79.3 Å². The highest BCUT2D eigenvalue weighted by molar-refractivity contribution is 8.02. The maximum Gasteiger partial charge on any atom is 0.247 e. The molecule has 0 radical (unpaired) electrons. The number of aliphatic hydroxyl groups excluding tert-OH is 1. The van der Waals surface area contributed by atoms with Gasteiger partial charge in [-0.3, -0.25) is 14.4 Å². The van der Waals surface area contributed by atoms with Crippen molar-refractivity contribution in [3.8, 4) is 0 Å². The fraction of sp³-hybridized carbons (Fsp3) is 0.472. The van der Waals surface area contributed by atoms with E-state index in [0.29, 0.717) is 39.0 Å². The van der Waals surface area contributed by atoms with Crippen LogP contribution in [0.1, 0.15) is 44.2 Å². The summed E-state index contributed by atoms with van der Waals surface area (Å²) < 4.78 is -0.730. The van der Waals surface area contributed by atoms with Crippen LogP contribution in [0.15, 0.2) is 86.0 Å². The van der Waals surface area contributed by atoms with Gasteiger partial charge in [-0.2, -0.15) is 0 Å². The molecule has 7 nitrogen and oxygen atoms in total. The number of benzene rings is 2. The Morgan fingerprint density at radius 3 is 2.02 bits per heavy atom. The summed E-state index contributed by atoms with van der Waals surface area (Å²) in [5, 5.41) is 10.6. The number of carbonyl (C=O) groups is 3. The summed E-state index contributed by atoms with van der Waals surface area (Å²) >= 11 is 1.67. The molecule has 3 heterocycles. The summed E-state index contributed by atoms with van der Waals surface area (Å²) in [6, 6.07) is 18.4. The molecule has 2 bridgehead atoms. The van der Waals surface area contributed by atoms with Crippen molar-refractivity contribution in [3.63, 3.8) is 0 Å². The van der Waals surface area contributed by atoms with E-state index in [0.717, 1.165) is 17.5 Å². The zero-order chi connectivity index (χ0) is 31.4. The van der Waals surface area contributed by atoms with Crippen molar-refractivity contribution in [3.05, 3.63) is 97.1 Å². The molecule has 8 heteroatoms. The van der Waals surface area contributed by atoms with Crippen LogP contribution in [0.3, 0.4) is 0 Å². The van der Waals surface area contributed by atoms with Gasteiger partial charge >= 0.3 is 0 Å². The van der Waals surface area contributed by atoms with Gasteiger partial charge in [0.1, 0.15) is 6.04 Å². The Balaban J connectivity index is 1.54. The summed E-state index contributed by atoms with van der Waals surface area (Å²) in [6.45, 7) is 13.2. The monoisotopic (exact) mass is 615 g/mol. The smallest absolute Gasteiger partial charge is 0.247 e. The number of rotatable bonds is 14. The van der Waals surface area contributed by atoms with Crippen molar-refractivity contribution in [2.75, 3.05) is 19.7 Å². The highest BCUT2D eigenvalue weighted by atomic mass is 32.2. The van der Waals surface area contributed by atoms with E-state index >= 15 is 0 Å². The Bertz CT molecular complexity index is 1350. The number of amides is 3. The standard InChI is InChI=1S/C36H45N3O4S/c1-5-19-37(22-26-13-9-7-10-14-26)33(41)30-29-17-18-36(44-29)31(30)34(42)39(28(24-40)21-25(3)4)32(36)35(43)38(20-6-2)23-27-15-11-8-12-16-27/h5-16,25,28-32,40H,1-2,17-24H2,3-4H3/t28-,29-,30+,31+,32?,36?/m1/s1. The lowest BCUT2D eigenvalue weighted by atomic mass is 9.70. The zero-order valence-corrected chi connectivity index (χ0v) is 26.7. The maximum absolute atomic E-state index is 14.8. The summed E-state index contributed by atoms with van der Waals surface area (Å²) in [7, 11) is 0. The van der Waals surface area contributed by atoms with Crippen LogP contribution in [-0.2, 0) is 27.5 Å². The van der Waals surface area contributed by atoms with Crippen molar-refractivity contribution in [2.45, 2.75) is 68.3 Å². The van der Waals surface area contributed by atoms with Crippen LogP contribution in [0.5, 0.6) is 0 Å². The van der Waals surface area contributed by atoms with Crippen molar-refractivity contribution in [1.29, 1.82) is 0 Å². The van der Waals surface area contributed by atoms with Crippen molar-refractivity contribution in [1.82, 2.24) is 14.7 Å². The molecule has 3 fully saturated rings. The van der Waals surface area contributed by atoms with E-state index in [1.165, 1.54) is 0 Å². The van der Waals surface area contributed by atoms with Gasteiger partial charge in [-0.05, 0) is 36.3 Å². The Morgan fingerprint density at radius 1 is 0.977 bits per heavy atom. The summed E-state index contributed by atoms with van der Waals surface area (Å²) in [5.74, 6) is -1.33. The second kappa shape index (κ2) is 13.7. The lowest BCUT2D eigenvalue weighted by Gasteiger charge is -2.40. The summed E-state index contributed by atoms with van der Waals surface area (Å²) in [5.41, 5.74) is 2.00. The molecule has 3 aliphatic heterocycles. The number of likely N-dealkylation sites (tertiary alicyclic amines) is 1. The Hall–Kier alpha value is -3.36. The third-order valence-electron chi connectivity index (χ3n) is 9.36. The number of thioether (sulfide) groups is 1. The largest absolute Gasteiger partial charge is 0.394 e. The molecule has 44 heavy (non-hydrogen) atoms. The number of nitrogens with zero attached hydrogens (tertiary/aromatic N) is 3. The first-order valence-electron chi connectivity index (χ1n) is 15.7. The fourth-order valence-corrected chi connectivity index (χ4v) is 9.83. The first-order valence-corrected chi connectivity index (χ1v) is 16.6. The summed E-state index contributed by atoms with van der Waals surface area (Å²) in [4.78, 5) is 49.1. The second-order valence-electron chi connectivity index (χ2n) is 12.8. The normalized spacial score (nSPS) is 26.0. The number of carbonyl (C=O) groups excluding carboxylic acids is 3.